The van der Waals surface area contributed by atoms with E-state index in [0.717, 1.165) is 36.4 Å². The van der Waals surface area contributed by atoms with Crippen molar-refractivity contribution in [1.29, 1.82) is 0 Å². The lowest BCUT2D eigenvalue weighted by atomic mass is 10.2. The minimum Gasteiger partial charge on any atom is -0.491 e. The Balaban J connectivity index is 1.35. The number of ether oxygens (including phenoxy) is 2. The second kappa shape index (κ2) is 9.66. The molecule has 1 unspecified atom stereocenters. The Bertz CT molecular complexity index is 990. The van der Waals surface area contributed by atoms with Crippen molar-refractivity contribution >= 4 is 17.4 Å². The number of rotatable bonds is 8. The van der Waals surface area contributed by atoms with E-state index in [2.05, 4.69) is 39.6 Å². The van der Waals surface area contributed by atoms with E-state index >= 15 is 0 Å². The largest absolute Gasteiger partial charge is 0.491 e. The molecule has 3 aromatic rings. The van der Waals surface area contributed by atoms with Crippen molar-refractivity contribution < 1.29 is 14.3 Å². The van der Waals surface area contributed by atoms with Gasteiger partial charge in [0.2, 0.25) is 0 Å². The minimum absolute atomic E-state index is 0.169. The summed E-state index contributed by atoms with van der Waals surface area (Å²) in [6.07, 6.45) is 3.98. The zero-order chi connectivity index (χ0) is 21.6. The number of benzene rings is 2. The van der Waals surface area contributed by atoms with E-state index < -0.39 is 0 Å². The summed E-state index contributed by atoms with van der Waals surface area (Å²) in [4.78, 5) is 14.8. The highest BCUT2D eigenvalue weighted by atomic mass is 16.5. The molecule has 31 heavy (non-hydrogen) atoms. The molecule has 1 aromatic heterocycles. The fourth-order valence-electron chi connectivity index (χ4n) is 3.49. The molecular formula is C24H28N4O3. The number of anilines is 2. The molecule has 1 aliphatic rings. The van der Waals surface area contributed by atoms with Crippen LogP contribution in [-0.2, 0) is 11.3 Å². The standard InChI is InChI=1S/C24H28N4O3/c1-27(2)20-9-5-18(6-10-20)16-28-23(13-14-25-28)26-24(29)19-7-11-21(12-8-19)31-17-22-4-3-15-30-22/h5-14,22H,3-4,15-17H2,1-2H3,(H,26,29). The van der Waals surface area contributed by atoms with E-state index in [0.29, 0.717) is 24.5 Å². The highest BCUT2D eigenvalue weighted by Gasteiger charge is 2.16. The summed E-state index contributed by atoms with van der Waals surface area (Å²) in [5, 5.41) is 7.30. The van der Waals surface area contributed by atoms with Gasteiger partial charge < -0.3 is 19.7 Å². The predicted molar refractivity (Wildman–Crippen MR) is 121 cm³/mol. The van der Waals surface area contributed by atoms with Gasteiger partial charge in [0, 0.05) is 38.0 Å². The van der Waals surface area contributed by atoms with Crippen LogP contribution >= 0.6 is 0 Å². The van der Waals surface area contributed by atoms with Crippen LogP contribution in [-0.4, -0.2) is 49.1 Å². The molecule has 1 aliphatic heterocycles. The molecule has 0 radical (unpaired) electrons. The molecule has 0 spiro atoms. The summed E-state index contributed by atoms with van der Waals surface area (Å²) in [5.74, 6) is 1.20. The third-order valence-electron chi connectivity index (χ3n) is 5.32. The molecule has 162 valence electrons. The monoisotopic (exact) mass is 420 g/mol. The molecule has 4 rings (SSSR count). The molecule has 7 heteroatoms. The van der Waals surface area contributed by atoms with Gasteiger partial charge >= 0.3 is 0 Å². The maximum Gasteiger partial charge on any atom is 0.256 e. The molecular weight excluding hydrogens is 392 g/mol. The van der Waals surface area contributed by atoms with Gasteiger partial charge in [-0.05, 0) is 54.8 Å². The Kier molecular flexibility index (Phi) is 6.52. The number of nitrogens with zero attached hydrogens (tertiary/aromatic N) is 3. The number of nitrogens with one attached hydrogen (secondary N) is 1. The lowest BCUT2D eigenvalue weighted by molar-refractivity contribution is 0.0679. The fourth-order valence-corrected chi connectivity index (χ4v) is 3.49. The molecule has 1 N–H and O–H groups in total. The maximum absolute atomic E-state index is 12.7. The number of carbonyl (C=O) groups excluding carboxylic acids is 1. The Labute approximate surface area is 182 Å². The zero-order valence-electron chi connectivity index (χ0n) is 18.0. The molecule has 1 fully saturated rings. The summed E-state index contributed by atoms with van der Waals surface area (Å²) in [5.41, 5.74) is 2.81. The van der Waals surface area contributed by atoms with Crippen molar-refractivity contribution in [3.63, 3.8) is 0 Å². The summed E-state index contributed by atoms with van der Waals surface area (Å²) in [6, 6.07) is 17.2. The van der Waals surface area contributed by atoms with Crippen molar-refractivity contribution in [3.05, 3.63) is 71.9 Å². The van der Waals surface area contributed by atoms with Gasteiger partial charge in [-0.25, -0.2) is 4.68 Å². The number of hydrogen-bond donors (Lipinski definition) is 1. The Morgan fingerprint density at radius 1 is 1.16 bits per heavy atom. The first-order valence-electron chi connectivity index (χ1n) is 10.5. The van der Waals surface area contributed by atoms with E-state index in [1.165, 1.54) is 0 Å². The van der Waals surface area contributed by atoms with Crippen molar-refractivity contribution in [3.8, 4) is 5.75 Å². The molecule has 0 aliphatic carbocycles. The summed E-state index contributed by atoms with van der Waals surface area (Å²) < 4.78 is 13.1. The SMILES string of the molecule is CN(C)c1ccc(Cn2nccc2NC(=O)c2ccc(OCC3CCCO3)cc2)cc1. The van der Waals surface area contributed by atoms with Crippen molar-refractivity contribution in [1.82, 2.24) is 9.78 Å². The third-order valence-corrected chi connectivity index (χ3v) is 5.32. The Morgan fingerprint density at radius 3 is 2.61 bits per heavy atom. The molecule has 1 amide bonds. The third kappa shape index (κ3) is 5.44. The second-order valence-corrected chi connectivity index (χ2v) is 7.86. The molecule has 2 heterocycles. The van der Waals surface area contributed by atoms with Gasteiger partial charge in [0.15, 0.2) is 0 Å². The number of carbonyl (C=O) groups is 1. The van der Waals surface area contributed by atoms with Crippen molar-refractivity contribution in [2.75, 3.05) is 37.5 Å². The van der Waals surface area contributed by atoms with Crippen LogP contribution in [0, 0.1) is 0 Å². The molecule has 0 saturated carbocycles. The minimum atomic E-state index is -0.185. The summed E-state index contributed by atoms with van der Waals surface area (Å²) in [7, 11) is 4.03. The van der Waals surface area contributed by atoms with Crippen LogP contribution in [0.5, 0.6) is 5.75 Å². The maximum atomic E-state index is 12.7. The van der Waals surface area contributed by atoms with Crippen molar-refractivity contribution in [2.45, 2.75) is 25.5 Å². The van der Waals surface area contributed by atoms with E-state index in [1.54, 1.807) is 29.1 Å². The molecule has 0 bridgehead atoms. The average Bonchev–Trinajstić information content (AvgIpc) is 3.45. The Morgan fingerprint density at radius 2 is 1.94 bits per heavy atom. The number of aromatic nitrogens is 2. The van der Waals surface area contributed by atoms with Gasteiger partial charge in [-0.2, -0.15) is 5.10 Å². The van der Waals surface area contributed by atoms with E-state index in [9.17, 15) is 4.79 Å². The number of hydrogen-bond acceptors (Lipinski definition) is 5. The van der Waals surface area contributed by atoms with Gasteiger partial charge in [0.25, 0.3) is 5.91 Å². The molecule has 7 nitrogen and oxygen atoms in total. The lowest BCUT2D eigenvalue weighted by Crippen LogP contribution is -2.17. The lowest BCUT2D eigenvalue weighted by Gasteiger charge is -2.14. The second-order valence-electron chi connectivity index (χ2n) is 7.86. The van der Waals surface area contributed by atoms with Crippen LogP contribution in [0.15, 0.2) is 60.8 Å². The zero-order valence-corrected chi connectivity index (χ0v) is 18.0. The van der Waals surface area contributed by atoms with Gasteiger partial charge in [0.1, 0.15) is 18.2 Å². The van der Waals surface area contributed by atoms with Crippen LogP contribution in [0.3, 0.4) is 0 Å². The first-order valence-corrected chi connectivity index (χ1v) is 10.5. The van der Waals surface area contributed by atoms with Crippen LogP contribution in [0.4, 0.5) is 11.5 Å². The van der Waals surface area contributed by atoms with Crippen LogP contribution in [0.1, 0.15) is 28.8 Å². The van der Waals surface area contributed by atoms with Crippen LogP contribution in [0.2, 0.25) is 0 Å². The topological polar surface area (TPSA) is 68.6 Å². The smallest absolute Gasteiger partial charge is 0.256 e. The van der Waals surface area contributed by atoms with Gasteiger partial charge in [-0.3, -0.25) is 4.79 Å². The highest BCUT2D eigenvalue weighted by molar-refractivity contribution is 6.03. The first kappa shape index (κ1) is 20.9. The van der Waals surface area contributed by atoms with Gasteiger partial charge in [0.05, 0.1) is 18.8 Å². The first-order chi connectivity index (χ1) is 15.1. The van der Waals surface area contributed by atoms with E-state index in [1.807, 2.05) is 26.2 Å². The van der Waals surface area contributed by atoms with E-state index in [-0.39, 0.29) is 12.0 Å². The molecule has 1 saturated heterocycles. The summed E-state index contributed by atoms with van der Waals surface area (Å²) >= 11 is 0. The molecule has 1 atom stereocenters. The Hall–Kier alpha value is -3.32. The number of amides is 1. The van der Waals surface area contributed by atoms with E-state index in [4.69, 9.17) is 9.47 Å². The van der Waals surface area contributed by atoms with Gasteiger partial charge in [-0.15, -0.1) is 0 Å². The predicted octanol–water partition coefficient (Wildman–Crippen LogP) is 3.81. The average molecular weight is 421 g/mol. The highest BCUT2D eigenvalue weighted by Crippen LogP contribution is 2.18. The normalized spacial score (nSPS) is 15.6. The fraction of sp³-hybridized carbons (Fsp3) is 0.333. The van der Waals surface area contributed by atoms with Crippen LogP contribution < -0.4 is 15.0 Å². The van der Waals surface area contributed by atoms with Gasteiger partial charge in [-0.1, -0.05) is 12.1 Å². The molecule has 2 aromatic carbocycles. The van der Waals surface area contributed by atoms with Crippen molar-refractivity contribution in [2.24, 2.45) is 0 Å². The summed E-state index contributed by atoms with van der Waals surface area (Å²) in [6.45, 7) is 1.93. The quantitative estimate of drug-likeness (QED) is 0.600. The van der Waals surface area contributed by atoms with Crippen LogP contribution in [0.25, 0.3) is 0 Å².